The summed E-state index contributed by atoms with van der Waals surface area (Å²) in [6.07, 6.45) is -4.38. The van der Waals surface area contributed by atoms with E-state index in [1.807, 2.05) is 23.6 Å². The van der Waals surface area contributed by atoms with Gasteiger partial charge in [-0.3, -0.25) is 0 Å². The third-order valence-corrected chi connectivity index (χ3v) is 4.24. The number of aromatic nitrogens is 1. The molecule has 0 atom stereocenters. The second-order valence-corrected chi connectivity index (χ2v) is 5.79. The fraction of sp³-hybridized carbons (Fsp3) is 0.190. The summed E-state index contributed by atoms with van der Waals surface area (Å²) in [5.41, 5.74) is 1.51. The molecule has 0 aliphatic carbocycles. The summed E-state index contributed by atoms with van der Waals surface area (Å²) in [6, 6.07) is 12.2. The molecule has 0 saturated carbocycles. The van der Waals surface area contributed by atoms with Gasteiger partial charge in [0.25, 0.3) is 0 Å². The van der Waals surface area contributed by atoms with Crippen LogP contribution in [0.1, 0.15) is 29.3 Å². The first kappa shape index (κ1) is 18.4. The first-order valence-corrected chi connectivity index (χ1v) is 8.18. The SMILES string of the molecule is CCn1c(C#Cc2ccc(C(F)(F)F)cc2)c(C#N)c2ccc(OC)cc21. The van der Waals surface area contributed by atoms with Crippen LogP contribution in [-0.2, 0) is 12.7 Å². The molecule has 0 unspecified atom stereocenters. The van der Waals surface area contributed by atoms with E-state index in [4.69, 9.17) is 4.74 Å². The van der Waals surface area contributed by atoms with Crippen LogP contribution in [0.3, 0.4) is 0 Å². The van der Waals surface area contributed by atoms with Gasteiger partial charge >= 0.3 is 6.18 Å². The average Bonchev–Trinajstić information content (AvgIpc) is 2.97. The highest BCUT2D eigenvalue weighted by molar-refractivity contribution is 5.90. The molecule has 3 aromatic rings. The summed E-state index contributed by atoms with van der Waals surface area (Å²) >= 11 is 0. The molecule has 0 bridgehead atoms. The Kier molecular flexibility index (Phi) is 4.83. The van der Waals surface area contributed by atoms with E-state index in [1.165, 1.54) is 12.1 Å². The molecule has 0 spiro atoms. The topological polar surface area (TPSA) is 38.0 Å². The molecule has 136 valence electrons. The zero-order chi connectivity index (χ0) is 19.6. The molecule has 27 heavy (non-hydrogen) atoms. The van der Waals surface area contributed by atoms with Crippen molar-refractivity contribution in [1.82, 2.24) is 4.57 Å². The van der Waals surface area contributed by atoms with E-state index >= 15 is 0 Å². The lowest BCUT2D eigenvalue weighted by atomic mass is 10.1. The van der Waals surface area contributed by atoms with Crippen LogP contribution >= 0.6 is 0 Å². The van der Waals surface area contributed by atoms with Crippen LogP contribution in [0.2, 0.25) is 0 Å². The van der Waals surface area contributed by atoms with Crippen LogP contribution in [0.15, 0.2) is 42.5 Å². The maximum absolute atomic E-state index is 12.7. The second kappa shape index (κ2) is 7.09. The number of methoxy groups -OCH3 is 1. The van der Waals surface area contributed by atoms with Crippen LogP contribution in [0.25, 0.3) is 10.9 Å². The third kappa shape index (κ3) is 3.47. The Morgan fingerprint density at radius 3 is 2.33 bits per heavy atom. The van der Waals surface area contributed by atoms with Crippen LogP contribution in [0.4, 0.5) is 13.2 Å². The van der Waals surface area contributed by atoms with Crippen molar-refractivity contribution in [3.63, 3.8) is 0 Å². The number of ether oxygens (including phenoxy) is 1. The van der Waals surface area contributed by atoms with Gasteiger partial charge in [0, 0.05) is 23.6 Å². The van der Waals surface area contributed by atoms with Gasteiger partial charge in [0.1, 0.15) is 17.5 Å². The minimum Gasteiger partial charge on any atom is -0.497 e. The normalized spacial score (nSPS) is 11.0. The Morgan fingerprint density at radius 1 is 1.07 bits per heavy atom. The molecular weight excluding hydrogens is 353 g/mol. The maximum Gasteiger partial charge on any atom is 0.416 e. The molecule has 0 radical (unpaired) electrons. The summed E-state index contributed by atoms with van der Waals surface area (Å²) < 4.78 is 45.1. The number of fused-ring (bicyclic) bond motifs is 1. The van der Waals surface area contributed by atoms with Gasteiger partial charge in [-0.1, -0.05) is 5.92 Å². The van der Waals surface area contributed by atoms with Gasteiger partial charge in [-0.25, -0.2) is 0 Å². The minimum absolute atomic E-state index is 0.439. The van der Waals surface area contributed by atoms with Gasteiger partial charge in [-0.2, -0.15) is 18.4 Å². The lowest BCUT2D eigenvalue weighted by Gasteiger charge is -2.05. The number of hydrogen-bond acceptors (Lipinski definition) is 2. The first-order valence-electron chi connectivity index (χ1n) is 8.18. The van der Waals surface area contributed by atoms with Gasteiger partial charge in [-0.15, -0.1) is 0 Å². The summed E-state index contributed by atoms with van der Waals surface area (Å²) in [5.74, 6) is 6.48. The Hall–Kier alpha value is -3.38. The first-order chi connectivity index (χ1) is 12.9. The maximum atomic E-state index is 12.7. The highest BCUT2D eigenvalue weighted by Gasteiger charge is 2.29. The molecule has 6 heteroatoms. The zero-order valence-corrected chi connectivity index (χ0v) is 14.7. The van der Waals surface area contributed by atoms with Crippen molar-refractivity contribution in [2.45, 2.75) is 19.6 Å². The van der Waals surface area contributed by atoms with Crippen molar-refractivity contribution in [1.29, 1.82) is 5.26 Å². The van der Waals surface area contributed by atoms with E-state index in [0.717, 1.165) is 23.0 Å². The lowest BCUT2D eigenvalue weighted by molar-refractivity contribution is -0.137. The Bertz CT molecular complexity index is 1090. The smallest absolute Gasteiger partial charge is 0.416 e. The molecular formula is C21H15F3N2O. The summed E-state index contributed by atoms with van der Waals surface area (Å²) in [7, 11) is 1.57. The molecule has 0 saturated heterocycles. The fourth-order valence-corrected chi connectivity index (χ4v) is 2.90. The van der Waals surface area contributed by atoms with Gasteiger partial charge in [0.05, 0.1) is 23.8 Å². The molecule has 0 aliphatic heterocycles. The number of halogens is 3. The highest BCUT2D eigenvalue weighted by Crippen LogP contribution is 2.30. The standard InChI is InChI=1S/C21H15F3N2O/c1-3-26-19(11-6-14-4-7-15(8-5-14)21(22,23)24)18(13-25)17-10-9-16(27-2)12-20(17)26/h4-5,7-10,12H,3H2,1-2H3. The second-order valence-electron chi connectivity index (χ2n) is 5.79. The number of rotatable bonds is 2. The zero-order valence-electron chi connectivity index (χ0n) is 14.7. The number of benzene rings is 2. The van der Waals surface area contributed by atoms with Crippen molar-refractivity contribution in [3.05, 3.63) is 64.8 Å². The van der Waals surface area contributed by atoms with Gasteiger partial charge < -0.3 is 9.30 Å². The van der Waals surface area contributed by atoms with Crippen LogP contribution in [-0.4, -0.2) is 11.7 Å². The molecule has 0 amide bonds. The molecule has 3 nitrogen and oxygen atoms in total. The quantitative estimate of drug-likeness (QED) is 0.600. The lowest BCUT2D eigenvalue weighted by Crippen LogP contribution is -2.04. The average molecular weight is 368 g/mol. The largest absolute Gasteiger partial charge is 0.497 e. The molecule has 1 heterocycles. The predicted octanol–water partition coefficient (Wildman–Crippen LogP) is 4.96. The van der Waals surface area contributed by atoms with Gasteiger partial charge in [-0.05, 0) is 49.2 Å². The Balaban J connectivity index is 2.10. The van der Waals surface area contributed by atoms with Gasteiger partial charge in [0.2, 0.25) is 0 Å². The number of alkyl halides is 3. The molecule has 1 aromatic heterocycles. The van der Waals surface area contributed by atoms with Crippen molar-refractivity contribution in [2.24, 2.45) is 0 Å². The molecule has 0 N–H and O–H groups in total. The van der Waals surface area contributed by atoms with Crippen molar-refractivity contribution >= 4 is 10.9 Å². The summed E-state index contributed by atoms with van der Waals surface area (Å²) in [5, 5.41) is 10.3. The monoisotopic (exact) mass is 368 g/mol. The van der Waals surface area contributed by atoms with E-state index in [2.05, 4.69) is 17.9 Å². The third-order valence-electron chi connectivity index (χ3n) is 4.24. The van der Waals surface area contributed by atoms with Crippen LogP contribution < -0.4 is 4.74 Å². The van der Waals surface area contributed by atoms with Crippen molar-refractivity contribution < 1.29 is 17.9 Å². The Morgan fingerprint density at radius 2 is 1.78 bits per heavy atom. The molecule has 0 aliphatic rings. The van der Waals surface area contributed by atoms with Gasteiger partial charge in [0.15, 0.2) is 0 Å². The van der Waals surface area contributed by atoms with E-state index in [0.29, 0.717) is 29.1 Å². The van der Waals surface area contributed by atoms with E-state index < -0.39 is 11.7 Å². The number of aryl methyl sites for hydroxylation is 1. The number of nitriles is 1. The summed E-state index contributed by atoms with van der Waals surface area (Å²) in [6.45, 7) is 2.52. The molecule has 3 rings (SSSR count). The van der Waals surface area contributed by atoms with E-state index in [1.54, 1.807) is 13.2 Å². The molecule has 2 aromatic carbocycles. The van der Waals surface area contributed by atoms with E-state index in [-0.39, 0.29) is 0 Å². The molecule has 0 fully saturated rings. The fourth-order valence-electron chi connectivity index (χ4n) is 2.90. The Labute approximate surface area is 154 Å². The van der Waals surface area contributed by atoms with Crippen molar-refractivity contribution in [3.8, 4) is 23.7 Å². The highest BCUT2D eigenvalue weighted by atomic mass is 19.4. The van der Waals surface area contributed by atoms with Crippen LogP contribution in [0, 0.1) is 23.2 Å². The van der Waals surface area contributed by atoms with Crippen molar-refractivity contribution in [2.75, 3.05) is 7.11 Å². The van der Waals surface area contributed by atoms with Crippen LogP contribution in [0.5, 0.6) is 5.75 Å². The number of nitrogens with zero attached hydrogens (tertiary/aromatic N) is 2. The predicted molar refractivity (Wildman–Crippen MR) is 96.3 cm³/mol. The minimum atomic E-state index is -4.38. The van der Waals surface area contributed by atoms with E-state index in [9.17, 15) is 18.4 Å². The number of hydrogen-bond donors (Lipinski definition) is 0. The summed E-state index contributed by atoms with van der Waals surface area (Å²) in [4.78, 5) is 0.